The summed E-state index contributed by atoms with van der Waals surface area (Å²) in [5.41, 5.74) is 5.15. The van der Waals surface area contributed by atoms with Crippen molar-refractivity contribution in [2.75, 3.05) is 0 Å². The molecule has 0 aliphatic rings. The maximum Gasteiger partial charge on any atom is 0.273 e. The van der Waals surface area contributed by atoms with Gasteiger partial charge in [0.15, 0.2) is 11.5 Å². The molecule has 150 valence electrons. The van der Waals surface area contributed by atoms with Crippen molar-refractivity contribution in [1.82, 2.24) is 25.4 Å². The third-order valence-electron chi connectivity index (χ3n) is 4.49. The number of amides is 1. The van der Waals surface area contributed by atoms with E-state index in [1.54, 1.807) is 12.4 Å². The van der Waals surface area contributed by atoms with Crippen LogP contribution in [0.4, 0.5) is 4.39 Å². The van der Waals surface area contributed by atoms with Crippen molar-refractivity contribution >= 4 is 5.91 Å². The lowest BCUT2D eigenvalue weighted by Crippen LogP contribution is -2.23. The molecule has 1 N–H and O–H groups in total. The molecule has 0 radical (unpaired) electrons. The minimum atomic E-state index is -0.497. The van der Waals surface area contributed by atoms with Gasteiger partial charge in [0, 0.05) is 48.0 Å². The number of carbonyl (C=O) groups is 1. The standard InChI is InChI=1S/C22H18FN5O2/c1-13-5-15(9-26-21(13)16-3-4-25-14(2)6-16)10-27-22(29)19-8-20(30-28-19)17-7-18(23)12-24-11-17/h3-9,11-12H,10H2,1-2H3,(H,27,29). The van der Waals surface area contributed by atoms with E-state index in [4.69, 9.17) is 4.52 Å². The molecule has 4 aromatic heterocycles. The molecule has 0 atom stereocenters. The van der Waals surface area contributed by atoms with Crippen molar-refractivity contribution in [2.24, 2.45) is 0 Å². The summed E-state index contributed by atoms with van der Waals surface area (Å²) in [5, 5.41) is 6.54. The number of aryl methyl sites for hydroxylation is 2. The van der Waals surface area contributed by atoms with Crippen LogP contribution in [0.5, 0.6) is 0 Å². The maximum absolute atomic E-state index is 13.3. The summed E-state index contributed by atoms with van der Waals surface area (Å²) in [6.45, 7) is 4.19. The van der Waals surface area contributed by atoms with E-state index in [9.17, 15) is 9.18 Å². The Hall–Kier alpha value is -3.94. The number of halogens is 1. The molecular weight excluding hydrogens is 385 g/mol. The third-order valence-corrected chi connectivity index (χ3v) is 4.49. The zero-order valence-electron chi connectivity index (χ0n) is 16.4. The van der Waals surface area contributed by atoms with Gasteiger partial charge in [-0.3, -0.25) is 19.7 Å². The van der Waals surface area contributed by atoms with E-state index in [0.29, 0.717) is 5.56 Å². The molecular formula is C22H18FN5O2. The molecule has 0 fully saturated rings. The van der Waals surface area contributed by atoms with Crippen molar-refractivity contribution in [3.63, 3.8) is 0 Å². The number of rotatable bonds is 5. The number of hydrogen-bond donors (Lipinski definition) is 1. The van der Waals surface area contributed by atoms with Gasteiger partial charge in [0.2, 0.25) is 0 Å². The van der Waals surface area contributed by atoms with E-state index in [2.05, 4.69) is 25.4 Å². The number of pyridine rings is 3. The number of hydrogen-bond acceptors (Lipinski definition) is 6. The fourth-order valence-corrected chi connectivity index (χ4v) is 3.06. The minimum Gasteiger partial charge on any atom is -0.355 e. The predicted molar refractivity (Wildman–Crippen MR) is 108 cm³/mol. The zero-order chi connectivity index (χ0) is 21.1. The van der Waals surface area contributed by atoms with Crippen molar-refractivity contribution in [2.45, 2.75) is 20.4 Å². The Morgan fingerprint density at radius 3 is 2.70 bits per heavy atom. The Balaban J connectivity index is 1.44. The summed E-state index contributed by atoms with van der Waals surface area (Å²) >= 11 is 0. The molecule has 0 bridgehead atoms. The van der Waals surface area contributed by atoms with Gasteiger partial charge < -0.3 is 9.84 Å². The number of nitrogens with zero attached hydrogens (tertiary/aromatic N) is 4. The summed E-state index contributed by atoms with van der Waals surface area (Å²) in [4.78, 5) is 24.9. The third kappa shape index (κ3) is 4.22. The number of nitrogens with one attached hydrogen (secondary N) is 1. The normalized spacial score (nSPS) is 10.8. The van der Waals surface area contributed by atoms with Crippen molar-refractivity contribution in [3.8, 4) is 22.6 Å². The van der Waals surface area contributed by atoms with Gasteiger partial charge in [0.25, 0.3) is 5.91 Å². The Bertz CT molecular complexity index is 1220. The zero-order valence-corrected chi connectivity index (χ0v) is 16.4. The first-order valence-electron chi connectivity index (χ1n) is 9.24. The molecule has 0 aliphatic carbocycles. The average Bonchev–Trinajstić information content (AvgIpc) is 3.22. The summed E-state index contributed by atoms with van der Waals surface area (Å²) in [6, 6.07) is 8.58. The van der Waals surface area contributed by atoms with Crippen LogP contribution in [0.1, 0.15) is 27.3 Å². The van der Waals surface area contributed by atoms with Gasteiger partial charge in [-0.25, -0.2) is 4.39 Å². The van der Waals surface area contributed by atoms with Crippen LogP contribution >= 0.6 is 0 Å². The van der Waals surface area contributed by atoms with Crippen LogP contribution in [0.25, 0.3) is 22.6 Å². The van der Waals surface area contributed by atoms with Gasteiger partial charge in [-0.1, -0.05) is 11.2 Å². The quantitative estimate of drug-likeness (QED) is 0.544. The second kappa shape index (κ2) is 8.20. The second-order valence-electron chi connectivity index (χ2n) is 6.85. The van der Waals surface area contributed by atoms with Gasteiger partial charge in [-0.2, -0.15) is 0 Å². The topological polar surface area (TPSA) is 93.8 Å². The first-order valence-corrected chi connectivity index (χ1v) is 9.24. The van der Waals surface area contributed by atoms with Gasteiger partial charge in [-0.15, -0.1) is 0 Å². The molecule has 0 aliphatic heterocycles. The molecule has 0 saturated carbocycles. The van der Waals surface area contributed by atoms with Crippen LogP contribution < -0.4 is 5.32 Å². The molecule has 0 aromatic carbocycles. The average molecular weight is 403 g/mol. The van der Waals surface area contributed by atoms with E-state index >= 15 is 0 Å². The summed E-state index contributed by atoms with van der Waals surface area (Å²) in [6.07, 6.45) is 6.01. The summed E-state index contributed by atoms with van der Waals surface area (Å²) < 4.78 is 18.4. The number of carbonyl (C=O) groups excluding carboxylic acids is 1. The van der Waals surface area contributed by atoms with Crippen LogP contribution in [-0.4, -0.2) is 26.0 Å². The molecule has 7 nitrogen and oxygen atoms in total. The fraction of sp³-hybridized carbons (Fsp3) is 0.136. The lowest BCUT2D eigenvalue weighted by atomic mass is 10.1. The lowest BCUT2D eigenvalue weighted by Gasteiger charge is -2.09. The first-order chi connectivity index (χ1) is 14.5. The molecule has 0 saturated heterocycles. The van der Waals surface area contributed by atoms with Crippen LogP contribution in [0.15, 0.2) is 59.6 Å². The van der Waals surface area contributed by atoms with Crippen molar-refractivity contribution in [3.05, 3.63) is 83.5 Å². The molecule has 0 spiro atoms. The molecule has 4 rings (SSSR count). The highest BCUT2D eigenvalue weighted by molar-refractivity contribution is 5.93. The highest BCUT2D eigenvalue weighted by Crippen LogP contribution is 2.22. The van der Waals surface area contributed by atoms with E-state index in [0.717, 1.165) is 34.3 Å². The van der Waals surface area contributed by atoms with Crippen LogP contribution in [0.3, 0.4) is 0 Å². The van der Waals surface area contributed by atoms with Crippen molar-refractivity contribution in [1.29, 1.82) is 0 Å². The molecule has 0 unspecified atom stereocenters. The number of aromatic nitrogens is 4. The highest BCUT2D eigenvalue weighted by Gasteiger charge is 2.14. The smallest absolute Gasteiger partial charge is 0.273 e. The monoisotopic (exact) mass is 403 g/mol. The molecule has 30 heavy (non-hydrogen) atoms. The second-order valence-corrected chi connectivity index (χ2v) is 6.85. The lowest BCUT2D eigenvalue weighted by molar-refractivity contribution is 0.0942. The van der Waals surface area contributed by atoms with Gasteiger partial charge in [0.1, 0.15) is 5.82 Å². The molecule has 8 heteroatoms. The van der Waals surface area contributed by atoms with Crippen LogP contribution in [0, 0.1) is 19.7 Å². The van der Waals surface area contributed by atoms with E-state index in [1.807, 2.05) is 32.0 Å². The minimum absolute atomic E-state index is 0.0998. The van der Waals surface area contributed by atoms with Gasteiger partial charge in [-0.05, 0) is 43.2 Å². The summed E-state index contributed by atoms with van der Waals surface area (Å²) in [7, 11) is 0. The van der Waals surface area contributed by atoms with Gasteiger partial charge in [0.05, 0.1) is 11.9 Å². The highest BCUT2D eigenvalue weighted by atomic mass is 19.1. The van der Waals surface area contributed by atoms with Crippen LogP contribution in [0.2, 0.25) is 0 Å². The van der Waals surface area contributed by atoms with Gasteiger partial charge >= 0.3 is 0 Å². The van der Waals surface area contributed by atoms with E-state index in [1.165, 1.54) is 18.3 Å². The Morgan fingerprint density at radius 1 is 1.07 bits per heavy atom. The van der Waals surface area contributed by atoms with E-state index in [-0.39, 0.29) is 18.0 Å². The van der Waals surface area contributed by atoms with Crippen LogP contribution in [-0.2, 0) is 6.54 Å². The Labute approximate surface area is 172 Å². The summed E-state index contributed by atoms with van der Waals surface area (Å²) in [5.74, 6) is -0.634. The maximum atomic E-state index is 13.3. The largest absolute Gasteiger partial charge is 0.355 e. The fourth-order valence-electron chi connectivity index (χ4n) is 3.06. The predicted octanol–water partition coefficient (Wildman–Crippen LogP) is 3.88. The first kappa shape index (κ1) is 19.4. The van der Waals surface area contributed by atoms with E-state index < -0.39 is 11.7 Å². The van der Waals surface area contributed by atoms with Crippen molar-refractivity contribution < 1.29 is 13.7 Å². The molecule has 1 amide bonds. The SMILES string of the molecule is Cc1cc(-c2ncc(CNC(=O)c3cc(-c4cncc(F)c4)on3)cc2C)ccn1. The molecule has 4 heterocycles. The molecule has 4 aromatic rings. The Kier molecular flexibility index (Phi) is 5.30. The Morgan fingerprint density at radius 2 is 1.93 bits per heavy atom.